The molecule has 1 aromatic carbocycles. The Morgan fingerprint density at radius 3 is 3.00 bits per heavy atom. The molecule has 18 heavy (non-hydrogen) atoms. The first kappa shape index (κ1) is 11.9. The average Bonchev–Trinajstić information content (AvgIpc) is 2.85. The summed E-state index contributed by atoms with van der Waals surface area (Å²) in [5.74, 6) is 0.692. The zero-order valence-corrected chi connectivity index (χ0v) is 11.7. The van der Waals surface area contributed by atoms with Crippen LogP contribution >= 0.6 is 11.3 Å². The molecule has 0 bridgehead atoms. The predicted octanol–water partition coefficient (Wildman–Crippen LogP) is 3.46. The highest BCUT2D eigenvalue weighted by atomic mass is 32.1. The van der Waals surface area contributed by atoms with Gasteiger partial charge in [-0.2, -0.15) is 0 Å². The molecule has 1 aromatic heterocycles. The number of fused-ring (bicyclic) bond motifs is 3. The minimum atomic E-state index is 0.692. The minimum Gasteiger partial charge on any atom is -0.310 e. The molecule has 1 aliphatic carbocycles. The zero-order valence-electron chi connectivity index (χ0n) is 10.9. The van der Waals surface area contributed by atoms with Crippen molar-refractivity contribution in [3.05, 3.63) is 39.7 Å². The van der Waals surface area contributed by atoms with Crippen LogP contribution in [-0.4, -0.2) is 11.5 Å². The molecule has 0 radical (unpaired) electrons. The van der Waals surface area contributed by atoms with Gasteiger partial charge >= 0.3 is 0 Å². The van der Waals surface area contributed by atoms with Gasteiger partial charge in [-0.3, -0.25) is 0 Å². The third-order valence-corrected chi connectivity index (χ3v) is 4.25. The van der Waals surface area contributed by atoms with Gasteiger partial charge in [0.2, 0.25) is 0 Å². The monoisotopic (exact) mass is 258 g/mol. The summed E-state index contributed by atoms with van der Waals surface area (Å²) in [6, 6.07) is 8.61. The fraction of sp³-hybridized carbons (Fsp3) is 0.400. The van der Waals surface area contributed by atoms with Crippen molar-refractivity contribution in [2.24, 2.45) is 5.92 Å². The maximum absolute atomic E-state index is 4.78. The van der Waals surface area contributed by atoms with E-state index in [1.807, 2.05) is 11.3 Å². The van der Waals surface area contributed by atoms with Crippen LogP contribution in [-0.2, 0) is 13.0 Å². The van der Waals surface area contributed by atoms with Crippen molar-refractivity contribution in [2.75, 3.05) is 6.54 Å². The van der Waals surface area contributed by atoms with E-state index in [4.69, 9.17) is 4.98 Å². The van der Waals surface area contributed by atoms with Crippen molar-refractivity contribution in [1.29, 1.82) is 0 Å². The van der Waals surface area contributed by atoms with Crippen molar-refractivity contribution in [3.63, 3.8) is 0 Å². The molecule has 2 nitrogen and oxygen atoms in total. The van der Waals surface area contributed by atoms with Crippen LogP contribution in [0.15, 0.2) is 24.3 Å². The zero-order chi connectivity index (χ0) is 12.5. The van der Waals surface area contributed by atoms with E-state index in [-0.39, 0.29) is 0 Å². The Morgan fingerprint density at radius 1 is 1.33 bits per heavy atom. The lowest BCUT2D eigenvalue weighted by Gasteiger charge is -2.05. The van der Waals surface area contributed by atoms with Crippen LogP contribution in [0.2, 0.25) is 0 Å². The van der Waals surface area contributed by atoms with Crippen LogP contribution < -0.4 is 5.32 Å². The summed E-state index contributed by atoms with van der Waals surface area (Å²) < 4.78 is 0. The molecule has 3 rings (SSSR count). The summed E-state index contributed by atoms with van der Waals surface area (Å²) in [7, 11) is 0. The van der Waals surface area contributed by atoms with Crippen LogP contribution in [0.3, 0.4) is 0 Å². The van der Waals surface area contributed by atoms with E-state index in [9.17, 15) is 0 Å². The number of nitrogens with zero attached hydrogens (tertiary/aromatic N) is 1. The van der Waals surface area contributed by atoms with E-state index in [0.717, 1.165) is 19.5 Å². The predicted molar refractivity (Wildman–Crippen MR) is 76.9 cm³/mol. The summed E-state index contributed by atoms with van der Waals surface area (Å²) >= 11 is 1.86. The molecule has 0 saturated carbocycles. The Labute approximate surface area is 112 Å². The molecule has 0 unspecified atom stereocenters. The Bertz CT molecular complexity index is 557. The second kappa shape index (κ2) is 4.82. The quantitative estimate of drug-likeness (QED) is 0.775. The Morgan fingerprint density at radius 2 is 2.17 bits per heavy atom. The van der Waals surface area contributed by atoms with Gasteiger partial charge in [-0.05, 0) is 18.0 Å². The maximum atomic E-state index is 4.78. The largest absolute Gasteiger partial charge is 0.310 e. The first-order valence-corrected chi connectivity index (χ1v) is 7.33. The Kier molecular flexibility index (Phi) is 3.18. The van der Waals surface area contributed by atoms with Crippen molar-refractivity contribution in [3.8, 4) is 11.3 Å². The van der Waals surface area contributed by atoms with Crippen LogP contribution in [0, 0.1) is 5.92 Å². The average molecular weight is 258 g/mol. The van der Waals surface area contributed by atoms with Crippen LogP contribution in [0.25, 0.3) is 11.3 Å². The van der Waals surface area contributed by atoms with E-state index in [2.05, 4.69) is 43.4 Å². The molecule has 3 heteroatoms. The lowest BCUT2D eigenvalue weighted by Crippen LogP contribution is -2.18. The molecule has 1 N–H and O–H groups in total. The molecule has 94 valence electrons. The molecule has 0 spiro atoms. The topological polar surface area (TPSA) is 24.9 Å². The number of nitrogens with one attached hydrogen (secondary N) is 1. The van der Waals surface area contributed by atoms with Crippen LogP contribution in [0.1, 0.15) is 29.3 Å². The third kappa shape index (κ3) is 2.20. The maximum Gasteiger partial charge on any atom is 0.107 e. The summed E-state index contributed by atoms with van der Waals surface area (Å²) in [6.45, 7) is 6.41. The van der Waals surface area contributed by atoms with Crippen molar-refractivity contribution in [2.45, 2.75) is 26.8 Å². The minimum absolute atomic E-state index is 0.692. The molecule has 2 aromatic rings. The van der Waals surface area contributed by atoms with Gasteiger partial charge in [-0.25, -0.2) is 4.98 Å². The van der Waals surface area contributed by atoms with Gasteiger partial charge in [0.1, 0.15) is 5.01 Å². The fourth-order valence-electron chi connectivity index (χ4n) is 2.35. The molecular weight excluding hydrogens is 240 g/mol. The highest BCUT2D eigenvalue weighted by Crippen LogP contribution is 2.38. The first-order valence-electron chi connectivity index (χ1n) is 6.51. The summed E-state index contributed by atoms with van der Waals surface area (Å²) in [5.41, 5.74) is 3.98. The molecular formula is C15H18N2S. The molecule has 0 aliphatic heterocycles. The molecule has 1 aliphatic rings. The fourth-order valence-corrected chi connectivity index (χ4v) is 3.43. The number of aromatic nitrogens is 1. The van der Waals surface area contributed by atoms with Crippen LogP contribution in [0.4, 0.5) is 0 Å². The highest BCUT2D eigenvalue weighted by molar-refractivity contribution is 7.12. The summed E-state index contributed by atoms with van der Waals surface area (Å²) in [4.78, 5) is 6.21. The smallest absolute Gasteiger partial charge is 0.107 e. The molecule has 0 fully saturated rings. The van der Waals surface area contributed by atoms with Gasteiger partial charge in [0.15, 0.2) is 0 Å². The second-order valence-corrected chi connectivity index (χ2v) is 6.41. The molecule has 0 amide bonds. The van der Waals surface area contributed by atoms with Gasteiger partial charge < -0.3 is 5.32 Å². The van der Waals surface area contributed by atoms with Gasteiger partial charge in [0, 0.05) is 23.4 Å². The number of hydrogen-bond acceptors (Lipinski definition) is 3. The number of thiazole rings is 1. The molecule has 0 saturated heterocycles. The number of rotatable bonds is 4. The lowest BCUT2D eigenvalue weighted by molar-refractivity contribution is 0.551. The van der Waals surface area contributed by atoms with E-state index in [0.29, 0.717) is 5.92 Å². The third-order valence-electron chi connectivity index (χ3n) is 3.19. The van der Waals surface area contributed by atoms with Gasteiger partial charge in [0.25, 0.3) is 0 Å². The molecule has 1 heterocycles. The van der Waals surface area contributed by atoms with Crippen molar-refractivity contribution >= 4 is 11.3 Å². The van der Waals surface area contributed by atoms with Crippen molar-refractivity contribution < 1.29 is 0 Å². The SMILES string of the molecule is CC(C)CNCc1nc2c(s1)Cc1ccccc1-2. The number of benzene rings is 1. The normalized spacial score (nSPS) is 12.8. The van der Waals surface area contributed by atoms with E-state index >= 15 is 0 Å². The molecule has 0 atom stereocenters. The Balaban J connectivity index is 1.76. The lowest BCUT2D eigenvalue weighted by atomic mass is 10.1. The number of hydrogen-bond donors (Lipinski definition) is 1. The van der Waals surface area contributed by atoms with Crippen LogP contribution in [0.5, 0.6) is 0 Å². The van der Waals surface area contributed by atoms with E-state index in [1.165, 1.54) is 26.7 Å². The van der Waals surface area contributed by atoms with Crippen molar-refractivity contribution in [1.82, 2.24) is 10.3 Å². The summed E-state index contributed by atoms with van der Waals surface area (Å²) in [5, 5.41) is 4.68. The summed E-state index contributed by atoms with van der Waals surface area (Å²) in [6.07, 6.45) is 1.06. The first-order chi connectivity index (χ1) is 8.74. The van der Waals surface area contributed by atoms with Gasteiger partial charge in [-0.1, -0.05) is 38.1 Å². The standard InChI is InChI=1S/C15H18N2S/c1-10(2)8-16-9-14-17-15-12-6-4-3-5-11(12)7-13(15)18-14/h3-6,10,16H,7-9H2,1-2H3. The van der Waals surface area contributed by atoms with Gasteiger partial charge in [0.05, 0.1) is 5.69 Å². The second-order valence-electron chi connectivity index (χ2n) is 5.24. The Hall–Kier alpha value is -1.19. The van der Waals surface area contributed by atoms with E-state index in [1.54, 1.807) is 0 Å². The van der Waals surface area contributed by atoms with E-state index < -0.39 is 0 Å². The highest BCUT2D eigenvalue weighted by Gasteiger charge is 2.22. The van der Waals surface area contributed by atoms with Gasteiger partial charge in [-0.15, -0.1) is 11.3 Å².